The number of hydrogen-bond acceptors (Lipinski definition) is 9. The Balaban J connectivity index is 1.64. The fourth-order valence-corrected chi connectivity index (χ4v) is 4.61. The van der Waals surface area contributed by atoms with E-state index in [1.807, 2.05) is 26.8 Å². The summed E-state index contributed by atoms with van der Waals surface area (Å²) in [5.74, 6) is -1.74. The summed E-state index contributed by atoms with van der Waals surface area (Å²) in [6.07, 6.45) is -3.88. The number of nitrogens with one attached hydrogen (secondary N) is 3. The first kappa shape index (κ1) is 35.1. The van der Waals surface area contributed by atoms with Crippen LogP contribution < -0.4 is 36.2 Å². The highest BCUT2D eigenvalue weighted by Gasteiger charge is 2.43. The van der Waals surface area contributed by atoms with E-state index in [0.29, 0.717) is 40.7 Å². The number of ether oxygens (including phenoxy) is 2. The lowest BCUT2D eigenvalue weighted by Crippen LogP contribution is -2.43. The van der Waals surface area contributed by atoms with Gasteiger partial charge in [-0.2, -0.15) is 13.2 Å². The van der Waals surface area contributed by atoms with Gasteiger partial charge in [0.1, 0.15) is 11.9 Å². The largest absolute Gasteiger partial charge is 0.493 e. The summed E-state index contributed by atoms with van der Waals surface area (Å²) in [6, 6.07) is 15.8. The first-order valence-corrected chi connectivity index (χ1v) is 14.8. The first-order valence-electron chi connectivity index (χ1n) is 14.8. The number of hydroxylamine groups is 1. The standard InChI is InChI=1S/C33H35F3N6O6/c1-5-46-27-17-22(9-12-26(27)47-19(2)3)28(41-23-10-11-25-21(16-23)13-14-39-29(25)37)30(43)40-18-20-7-6-8-24(15-20)42(32(45)38-4)48-31(44)33(34,35)36/h6-17,19,28,41H,5,18H2,1-4H3,(H2,37,39)(H,38,45)(H,40,43). The van der Waals surface area contributed by atoms with Crippen LogP contribution in [0.5, 0.6) is 11.5 Å². The van der Waals surface area contributed by atoms with Crippen LogP contribution in [0.2, 0.25) is 0 Å². The van der Waals surface area contributed by atoms with Crippen LogP contribution in [0, 0.1) is 0 Å². The molecule has 0 aliphatic heterocycles. The number of carbonyl (C=O) groups is 3. The molecule has 1 heterocycles. The van der Waals surface area contributed by atoms with Crippen molar-refractivity contribution in [2.45, 2.75) is 45.6 Å². The number of nitrogens with two attached hydrogens (primary N) is 1. The summed E-state index contributed by atoms with van der Waals surface area (Å²) < 4.78 is 50.4. The van der Waals surface area contributed by atoms with E-state index in [4.69, 9.17) is 15.2 Å². The molecule has 0 radical (unpaired) electrons. The topological polar surface area (TPSA) is 157 Å². The molecular formula is C33H35F3N6O6. The van der Waals surface area contributed by atoms with Gasteiger partial charge >= 0.3 is 18.2 Å². The second-order valence-corrected chi connectivity index (χ2v) is 10.6. The second kappa shape index (κ2) is 15.2. The van der Waals surface area contributed by atoms with E-state index < -0.39 is 30.1 Å². The van der Waals surface area contributed by atoms with Crippen LogP contribution in [0.4, 0.5) is 35.2 Å². The predicted molar refractivity (Wildman–Crippen MR) is 173 cm³/mol. The van der Waals surface area contributed by atoms with Gasteiger partial charge in [-0.05, 0) is 85.8 Å². The van der Waals surface area contributed by atoms with Crippen LogP contribution in [0.1, 0.15) is 37.9 Å². The number of nitrogens with zero attached hydrogens (tertiary/aromatic N) is 2. The molecule has 48 heavy (non-hydrogen) atoms. The lowest BCUT2D eigenvalue weighted by atomic mass is 10.0. The highest BCUT2D eigenvalue weighted by Crippen LogP contribution is 2.34. The third-order valence-electron chi connectivity index (χ3n) is 6.75. The molecule has 3 amide bonds. The van der Waals surface area contributed by atoms with E-state index in [9.17, 15) is 27.6 Å². The Morgan fingerprint density at radius 3 is 2.46 bits per heavy atom. The van der Waals surface area contributed by atoms with Gasteiger partial charge < -0.3 is 36.0 Å². The Morgan fingerprint density at radius 2 is 1.77 bits per heavy atom. The molecule has 4 rings (SSSR count). The summed E-state index contributed by atoms with van der Waals surface area (Å²) in [4.78, 5) is 46.1. The third-order valence-corrected chi connectivity index (χ3v) is 6.75. The third kappa shape index (κ3) is 8.74. The summed E-state index contributed by atoms with van der Waals surface area (Å²) in [5, 5.41) is 9.94. The molecule has 1 atom stereocenters. The van der Waals surface area contributed by atoms with Gasteiger partial charge in [-0.1, -0.05) is 18.2 Å². The molecule has 0 bridgehead atoms. The van der Waals surface area contributed by atoms with E-state index in [1.165, 1.54) is 18.2 Å². The normalized spacial score (nSPS) is 11.8. The number of alkyl halides is 3. The number of nitrogen functional groups attached to an aromatic ring is 1. The van der Waals surface area contributed by atoms with Gasteiger partial charge in [-0.25, -0.2) is 14.6 Å². The van der Waals surface area contributed by atoms with Crippen molar-refractivity contribution in [3.8, 4) is 11.5 Å². The van der Waals surface area contributed by atoms with Gasteiger partial charge in [0, 0.05) is 30.9 Å². The minimum Gasteiger partial charge on any atom is -0.490 e. The predicted octanol–water partition coefficient (Wildman–Crippen LogP) is 5.64. The van der Waals surface area contributed by atoms with Crippen LogP contribution in [0.15, 0.2) is 72.9 Å². The maximum absolute atomic E-state index is 13.9. The minimum absolute atomic E-state index is 0.105. The van der Waals surface area contributed by atoms with Crippen molar-refractivity contribution >= 4 is 45.9 Å². The Labute approximate surface area is 274 Å². The summed E-state index contributed by atoms with van der Waals surface area (Å²) in [7, 11) is 1.16. The average molecular weight is 669 g/mol. The fourth-order valence-electron chi connectivity index (χ4n) is 4.61. The molecule has 1 aromatic heterocycles. The molecule has 0 aliphatic rings. The number of fused-ring (bicyclic) bond motifs is 1. The van der Waals surface area contributed by atoms with Crippen molar-refractivity contribution in [2.75, 3.05) is 29.8 Å². The van der Waals surface area contributed by atoms with Crippen molar-refractivity contribution in [1.82, 2.24) is 15.6 Å². The number of halogens is 3. The SMILES string of the molecule is CCOc1cc(C(Nc2ccc3c(N)nccc3c2)C(=O)NCc2cccc(N(OC(=O)C(F)(F)F)C(=O)NC)c2)ccc1OC(C)C. The van der Waals surface area contributed by atoms with Gasteiger partial charge in [0.2, 0.25) is 5.91 Å². The number of urea groups is 1. The molecular weight excluding hydrogens is 633 g/mol. The number of aromatic nitrogens is 1. The minimum atomic E-state index is -5.34. The zero-order valence-corrected chi connectivity index (χ0v) is 26.6. The van der Waals surface area contributed by atoms with Crippen molar-refractivity contribution in [2.24, 2.45) is 0 Å². The van der Waals surface area contributed by atoms with Crippen molar-refractivity contribution in [1.29, 1.82) is 0 Å². The molecule has 5 N–H and O–H groups in total. The number of hydrogen-bond donors (Lipinski definition) is 4. The number of carbonyl (C=O) groups excluding carboxylic acids is 3. The number of rotatable bonds is 11. The molecule has 15 heteroatoms. The number of pyridine rings is 1. The zero-order valence-electron chi connectivity index (χ0n) is 26.6. The van der Waals surface area contributed by atoms with Crippen molar-refractivity contribution < 1.29 is 41.9 Å². The van der Waals surface area contributed by atoms with Gasteiger partial charge in [0.05, 0.1) is 18.4 Å². The number of amides is 3. The lowest BCUT2D eigenvalue weighted by Gasteiger charge is -2.23. The number of anilines is 3. The van der Waals surface area contributed by atoms with Crippen LogP contribution in [-0.4, -0.2) is 48.8 Å². The van der Waals surface area contributed by atoms with E-state index >= 15 is 0 Å². The molecule has 4 aromatic rings. The maximum Gasteiger partial charge on any atom is 0.493 e. The average Bonchev–Trinajstić information content (AvgIpc) is 3.05. The lowest BCUT2D eigenvalue weighted by molar-refractivity contribution is -0.199. The Kier molecular flexibility index (Phi) is 11.2. The highest BCUT2D eigenvalue weighted by molar-refractivity contribution is 5.94. The quantitative estimate of drug-likeness (QED) is 0.149. The van der Waals surface area contributed by atoms with Gasteiger partial charge in [-0.15, -0.1) is 5.06 Å². The van der Waals surface area contributed by atoms with E-state index in [1.54, 1.807) is 48.7 Å². The molecule has 0 spiro atoms. The van der Waals surface area contributed by atoms with Gasteiger partial charge in [-0.3, -0.25) is 4.79 Å². The smallest absolute Gasteiger partial charge is 0.490 e. The summed E-state index contributed by atoms with van der Waals surface area (Å²) in [5.41, 5.74) is 7.36. The molecule has 1 unspecified atom stereocenters. The summed E-state index contributed by atoms with van der Waals surface area (Å²) in [6.45, 7) is 5.84. The fraction of sp³-hybridized carbons (Fsp3) is 0.273. The Bertz CT molecular complexity index is 1780. The zero-order chi connectivity index (χ0) is 35.0. The monoisotopic (exact) mass is 668 g/mol. The van der Waals surface area contributed by atoms with Crippen LogP contribution in [0.3, 0.4) is 0 Å². The maximum atomic E-state index is 13.9. The molecule has 0 saturated heterocycles. The Hall–Kier alpha value is -5.73. The van der Waals surface area contributed by atoms with E-state index in [0.717, 1.165) is 17.8 Å². The van der Waals surface area contributed by atoms with Crippen molar-refractivity contribution in [3.63, 3.8) is 0 Å². The van der Waals surface area contributed by atoms with Crippen LogP contribution in [-0.2, 0) is 21.0 Å². The second-order valence-electron chi connectivity index (χ2n) is 10.6. The number of benzene rings is 3. The molecule has 3 aromatic carbocycles. The first-order chi connectivity index (χ1) is 22.8. The van der Waals surface area contributed by atoms with Gasteiger partial charge in [0.25, 0.3) is 0 Å². The molecule has 12 nitrogen and oxygen atoms in total. The van der Waals surface area contributed by atoms with Crippen molar-refractivity contribution in [3.05, 3.63) is 84.1 Å². The van der Waals surface area contributed by atoms with Crippen LogP contribution >= 0.6 is 0 Å². The molecule has 0 aliphatic carbocycles. The molecule has 0 fully saturated rings. The Morgan fingerprint density at radius 1 is 1.00 bits per heavy atom. The molecule has 254 valence electrons. The van der Waals surface area contributed by atoms with E-state index in [2.05, 4.69) is 25.8 Å². The van der Waals surface area contributed by atoms with Gasteiger partial charge in [0.15, 0.2) is 11.5 Å². The van der Waals surface area contributed by atoms with Crippen LogP contribution in [0.25, 0.3) is 10.8 Å². The summed E-state index contributed by atoms with van der Waals surface area (Å²) >= 11 is 0. The highest BCUT2D eigenvalue weighted by atomic mass is 19.4. The molecule has 0 saturated carbocycles. The van der Waals surface area contributed by atoms with E-state index in [-0.39, 0.29) is 23.4 Å².